The van der Waals surface area contributed by atoms with Gasteiger partial charge in [-0.05, 0) is 30.7 Å². The van der Waals surface area contributed by atoms with E-state index >= 15 is 0 Å². The minimum Gasteiger partial charge on any atom is -0.496 e. The first-order chi connectivity index (χ1) is 14.2. The lowest BCUT2D eigenvalue weighted by atomic mass is 10.2. The second kappa shape index (κ2) is 12.6. The van der Waals surface area contributed by atoms with E-state index in [1.165, 1.54) is 11.3 Å². The molecule has 164 valence electrons. The molecular formula is C23H33IN4O2. The molecule has 1 aliphatic rings. The standard InChI is InChI=1S/C23H32N4O2.HI/c1-4-24-23(26(2)18-20-7-5-6-8-22(20)28-3)25-17-19-9-11-21(12-10-19)27-13-15-29-16-14-27;/h5-12H,4,13-18H2,1-3H3,(H,24,25);1H. The van der Waals surface area contributed by atoms with Crippen LogP contribution >= 0.6 is 24.0 Å². The molecule has 3 rings (SSSR count). The van der Waals surface area contributed by atoms with E-state index in [2.05, 4.69) is 59.4 Å². The van der Waals surface area contributed by atoms with Crippen LogP contribution in [0.25, 0.3) is 0 Å². The highest BCUT2D eigenvalue weighted by Gasteiger charge is 2.12. The van der Waals surface area contributed by atoms with Crippen LogP contribution in [0.3, 0.4) is 0 Å². The van der Waals surface area contributed by atoms with Crippen LogP contribution in [0, 0.1) is 0 Å². The monoisotopic (exact) mass is 524 g/mol. The molecule has 0 bridgehead atoms. The number of rotatable bonds is 7. The van der Waals surface area contributed by atoms with E-state index in [9.17, 15) is 0 Å². The minimum absolute atomic E-state index is 0. The van der Waals surface area contributed by atoms with Gasteiger partial charge in [0.15, 0.2) is 5.96 Å². The van der Waals surface area contributed by atoms with Crippen molar-refractivity contribution < 1.29 is 9.47 Å². The van der Waals surface area contributed by atoms with Gasteiger partial charge in [-0.25, -0.2) is 4.99 Å². The van der Waals surface area contributed by atoms with Gasteiger partial charge in [0, 0.05) is 44.5 Å². The van der Waals surface area contributed by atoms with Crippen molar-refractivity contribution in [1.29, 1.82) is 0 Å². The van der Waals surface area contributed by atoms with E-state index in [1.807, 2.05) is 18.2 Å². The van der Waals surface area contributed by atoms with Gasteiger partial charge in [0.25, 0.3) is 0 Å². The summed E-state index contributed by atoms with van der Waals surface area (Å²) >= 11 is 0. The van der Waals surface area contributed by atoms with Crippen LogP contribution in [0.1, 0.15) is 18.1 Å². The second-order valence-electron chi connectivity index (χ2n) is 7.10. The maximum absolute atomic E-state index is 5.48. The van der Waals surface area contributed by atoms with Crippen molar-refractivity contribution in [2.45, 2.75) is 20.0 Å². The molecule has 0 spiro atoms. The Morgan fingerprint density at radius 1 is 1.13 bits per heavy atom. The highest BCUT2D eigenvalue weighted by molar-refractivity contribution is 14.0. The molecule has 1 fully saturated rings. The van der Waals surface area contributed by atoms with E-state index in [4.69, 9.17) is 14.5 Å². The minimum atomic E-state index is 0. The number of benzene rings is 2. The average Bonchev–Trinajstić information content (AvgIpc) is 2.78. The smallest absolute Gasteiger partial charge is 0.194 e. The zero-order valence-corrected chi connectivity index (χ0v) is 20.5. The Labute approximate surface area is 197 Å². The first kappa shape index (κ1) is 24.3. The SMILES string of the molecule is CCNC(=NCc1ccc(N2CCOCC2)cc1)N(C)Cc1ccccc1OC.I. The lowest BCUT2D eigenvalue weighted by Crippen LogP contribution is -2.38. The first-order valence-corrected chi connectivity index (χ1v) is 10.2. The lowest BCUT2D eigenvalue weighted by molar-refractivity contribution is 0.122. The van der Waals surface area contributed by atoms with Crippen LogP contribution in [-0.2, 0) is 17.8 Å². The quantitative estimate of drug-likeness (QED) is 0.340. The number of halogens is 1. The summed E-state index contributed by atoms with van der Waals surface area (Å²) in [7, 11) is 3.76. The van der Waals surface area contributed by atoms with E-state index in [-0.39, 0.29) is 24.0 Å². The Morgan fingerprint density at radius 3 is 2.50 bits per heavy atom. The number of hydrogen-bond donors (Lipinski definition) is 1. The van der Waals surface area contributed by atoms with Crippen LogP contribution < -0.4 is 15.0 Å². The number of anilines is 1. The summed E-state index contributed by atoms with van der Waals surface area (Å²) < 4.78 is 10.9. The Morgan fingerprint density at radius 2 is 1.83 bits per heavy atom. The number of methoxy groups -OCH3 is 1. The Kier molecular flexibility index (Phi) is 10.2. The molecule has 0 unspecified atom stereocenters. The molecule has 0 aromatic heterocycles. The summed E-state index contributed by atoms with van der Waals surface area (Å²) in [5, 5.41) is 3.39. The molecule has 1 saturated heterocycles. The van der Waals surface area contributed by atoms with E-state index in [0.717, 1.165) is 56.7 Å². The van der Waals surface area contributed by atoms with Gasteiger partial charge in [-0.15, -0.1) is 24.0 Å². The summed E-state index contributed by atoms with van der Waals surface area (Å²) in [6.45, 7) is 7.79. The molecule has 0 atom stereocenters. The highest BCUT2D eigenvalue weighted by Crippen LogP contribution is 2.19. The molecule has 7 heteroatoms. The summed E-state index contributed by atoms with van der Waals surface area (Å²) in [5.74, 6) is 1.78. The lowest BCUT2D eigenvalue weighted by Gasteiger charge is -2.28. The maximum atomic E-state index is 5.48. The first-order valence-electron chi connectivity index (χ1n) is 10.2. The molecule has 2 aromatic rings. The summed E-state index contributed by atoms with van der Waals surface area (Å²) in [4.78, 5) is 9.33. The maximum Gasteiger partial charge on any atom is 0.194 e. The van der Waals surface area contributed by atoms with Crippen molar-refractivity contribution in [3.8, 4) is 5.75 Å². The van der Waals surface area contributed by atoms with Crippen molar-refractivity contribution >= 4 is 35.6 Å². The predicted molar refractivity (Wildman–Crippen MR) is 134 cm³/mol. The van der Waals surface area contributed by atoms with Gasteiger partial charge in [0.2, 0.25) is 0 Å². The van der Waals surface area contributed by atoms with E-state index in [1.54, 1.807) is 7.11 Å². The number of aliphatic imine (C=N–C) groups is 1. The fraction of sp³-hybridized carbons (Fsp3) is 0.435. The van der Waals surface area contributed by atoms with Crippen LogP contribution in [-0.4, -0.2) is 57.9 Å². The molecule has 0 aliphatic carbocycles. The van der Waals surface area contributed by atoms with Crippen molar-refractivity contribution in [3.63, 3.8) is 0 Å². The Bertz CT molecular complexity index is 792. The molecule has 0 radical (unpaired) electrons. The number of nitrogens with one attached hydrogen (secondary N) is 1. The van der Waals surface area contributed by atoms with E-state index in [0.29, 0.717) is 6.54 Å². The topological polar surface area (TPSA) is 49.3 Å². The molecule has 1 aliphatic heterocycles. The van der Waals surface area contributed by atoms with Gasteiger partial charge >= 0.3 is 0 Å². The molecule has 1 heterocycles. The zero-order valence-electron chi connectivity index (χ0n) is 18.1. The number of morpholine rings is 1. The molecular weight excluding hydrogens is 491 g/mol. The number of hydrogen-bond acceptors (Lipinski definition) is 4. The van der Waals surface area contributed by atoms with Crippen LogP contribution in [0.5, 0.6) is 5.75 Å². The number of guanidine groups is 1. The van der Waals surface area contributed by atoms with Crippen molar-refractivity contribution in [2.24, 2.45) is 4.99 Å². The van der Waals surface area contributed by atoms with Crippen molar-refractivity contribution in [1.82, 2.24) is 10.2 Å². The highest BCUT2D eigenvalue weighted by atomic mass is 127. The van der Waals surface area contributed by atoms with Gasteiger partial charge in [-0.1, -0.05) is 30.3 Å². The van der Waals surface area contributed by atoms with Gasteiger partial charge in [0.05, 0.1) is 26.9 Å². The summed E-state index contributed by atoms with van der Waals surface area (Å²) in [5.41, 5.74) is 3.59. The number of para-hydroxylation sites is 1. The second-order valence-corrected chi connectivity index (χ2v) is 7.10. The predicted octanol–water partition coefficient (Wildman–Crippen LogP) is 3.75. The van der Waals surface area contributed by atoms with Gasteiger partial charge < -0.3 is 24.6 Å². The Hall–Kier alpha value is -2.00. The number of nitrogens with zero attached hydrogens (tertiary/aromatic N) is 3. The van der Waals surface area contributed by atoms with Crippen molar-refractivity contribution in [2.75, 3.05) is 51.9 Å². The van der Waals surface area contributed by atoms with Crippen LogP contribution in [0.2, 0.25) is 0 Å². The van der Waals surface area contributed by atoms with Gasteiger partial charge in [-0.2, -0.15) is 0 Å². The third kappa shape index (κ3) is 6.77. The average molecular weight is 524 g/mol. The molecule has 30 heavy (non-hydrogen) atoms. The van der Waals surface area contributed by atoms with Crippen molar-refractivity contribution in [3.05, 3.63) is 59.7 Å². The normalized spacial score (nSPS) is 14.1. The summed E-state index contributed by atoms with van der Waals surface area (Å²) in [6.07, 6.45) is 0. The van der Waals surface area contributed by atoms with Gasteiger partial charge in [-0.3, -0.25) is 0 Å². The fourth-order valence-corrected chi connectivity index (χ4v) is 3.43. The van der Waals surface area contributed by atoms with Crippen LogP contribution in [0.15, 0.2) is 53.5 Å². The van der Waals surface area contributed by atoms with Gasteiger partial charge in [0.1, 0.15) is 5.75 Å². The molecule has 6 nitrogen and oxygen atoms in total. The molecule has 2 aromatic carbocycles. The molecule has 1 N–H and O–H groups in total. The zero-order chi connectivity index (χ0) is 20.5. The Balaban J connectivity index is 0.00000320. The largest absolute Gasteiger partial charge is 0.496 e. The van der Waals surface area contributed by atoms with E-state index < -0.39 is 0 Å². The molecule has 0 amide bonds. The third-order valence-electron chi connectivity index (χ3n) is 5.02. The third-order valence-corrected chi connectivity index (χ3v) is 5.02. The number of ether oxygens (including phenoxy) is 2. The van der Waals surface area contributed by atoms with Crippen LogP contribution in [0.4, 0.5) is 5.69 Å². The fourth-order valence-electron chi connectivity index (χ4n) is 3.43. The summed E-state index contributed by atoms with van der Waals surface area (Å²) in [6, 6.07) is 16.8. The molecule has 0 saturated carbocycles.